The van der Waals surface area contributed by atoms with Crippen molar-refractivity contribution in [1.82, 2.24) is 25.2 Å². The maximum absolute atomic E-state index is 12.3. The van der Waals surface area contributed by atoms with Crippen LogP contribution in [0.1, 0.15) is 57.4 Å². The van der Waals surface area contributed by atoms with E-state index in [4.69, 9.17) is 0 Å². The molecule has 118 valence electrons. The Morgan fingerprint density at radius 2 is 1.73 bits per heavy atom. The second-order valence-corrected chi connectivity index (χ2v) is 6.45. The molecule has 2 aliphatic rings. The first-order valence-electron chi connectivity index (χ1n) is 8.43. The van der Waals surface area contributed by atoms with Gasteiger partial charge in [-0.25, -0.2) is 9.78 Å². The smallest absolute Gasteiger partial charge is 0.292 e. The Morgan fingerprint density at radius 1 is 1.00 bits per heavy atom. The predicted octanol–water partition coefficient (Wildman–Crippen LogP) is 2.01. The molecule has 2 aromatic rings. The van der Waals surface area contributed by atoms with Gasteiger partial charge in [0.15, 0.2) is 16.9 Å². The predicted molar refractivity (Wildman–Crippen MR) is 84.1 cm³/mol. The highest BCUT2D eigenvalue weighted by atomic mass is 16.1. The number of nitrogens with one attached hydrogen (secondary N) is 1. The lowest BCUT2D eigenvalue weighted by Crippen LogP contribution is -2.31. The van der Waals surface area contributed by atoms with Crippen LogP contribution in [-0.2, 0) is 0 Å². The Balaban J connectivity index is 1.79. The molecule has 0 atom stereocenters. The number of nitrogens with zero attached hydrogens (tertiary/aromatic N) is 5. The molecule has 0 unspecified atom stereocenters. The minimum atomic E-state index is -0.175. The number of aromatic amines is 1. The van der Waals surface area contributed by atoms with E-state index in [1.165, 1.54) is 38.5 Å². The number of aromatic nitrogens is 5. The molecule has 0 aromatic carbocycles. The molecular weight excluding hydrogens is 280 g/mol. The minimum absolute atomic E-state index is 0.175. The standard InChI is InChI=1S/C15H22N6O/c22-15-13-12(14(17-18-15)20-9-5-2-6-10-20)16-19-21(13)11-7-3-1-4-8-11/h11H,1-10H2,(H,18,22). The lowest BCUT2D eigenvalue weighted by atomic mass is 9.95. The molecule has 2 aromatic heterocycles. The van der Waals surface area contributed by atoms with E-state index in [0.717, 1.165) is 31.7 Å². The lowest BCUT2D eigenvalue weighted by Gasteiger charge is -2.27. The Morgan fingerprint density at radius 3 is 2.50 bits per heavy atom. The summed E-state index contributed by atoms with van der Waals surface area (Å²) in [5.74, 6) is 0.788. The van der Waals surface area contributed by atoms with Crippen molar-refractivity contribution in [2.45, 2.75) is 57.4 Å². The van der Waals surface area contributed by atoms with Crippen molar-refractivity contribution in [3.63, 3.8) is 0 Å². The van der Waals surface area contributed by atoms with Gasteiger partial charge in [-0.1, -0.05) is 24.5 Å². The van der Waals surface area contributed by atoms with E-state index in [9.17, 15) is 4.79 Å². The third-order valence-corrected chi connectivity index (χ3v) is 4.96. The van der Waals surface area contributed by atoms with Gasteiger partial charge >= 0.3 is 0 Å². The van der Waals surface area contributed by atoms with E-state index in [1.807, 2.05) is 4.68 Å². The number of hydrogen-bond acceptors (Lipinski definition) is 5. The van der Waals surface area contributed by atoms with Crippen molar-refractivity contribution >= 4 is 16.9 Å². The van der Waals surface area contributed by atoms with Crippen molar-refractivity contribution in [3.05, 3.63) is 10.4 Å². The summed E-state index contributed by atoms with van der Waals surface area (Å²) in [6, 6.07) is 0.302. The van der Waals surface area contributed by atoms with E-state index in [1.54, 1.807) is 0 Å². The SMILES string of the molecule is O=c1[nH]nc(N2CCCCC2)c2nnn(C3CCCCC3)c12. The van der Waals surface area contributed by atoms with E-state index < -0.39 is 0 Å². The highest BCUT2D eigenvalue weighted by Crippen LogP contribution is 2.30. The second-order valence-electron chi connectivity index (χ2n) is 6.45. The van der Waals surface area contributed by atoms with Crippen LogP contribution < -0.4 is 10.5 Å². The van der Waals surface area contributed by atoms with Gasteiger partial charge in [-0.2, -0.15) is 5.10 Å². The number of H-pyrrole nitrogens is 1. The normalized spacial score (nSPS) is 20.6. The molecule has 4 rings (SSSR count). The lowest BCUT2D eigenvalue weighted by molar-refractivity contribution is 0.331. The summed E-state index contributed by atoms with van der Waals surface area (Å²) in [4.78, 5) is 14.5. The first kappa shape index (κ1) is 13.7. The van der Waals surface area contributed by atoms with E-state index in [2.05, 4.69) is 25.4 Å². The van der Waals surface area contributed by atoms with E-state index >= 15 is 0 Å². The maximum Gasteiger partial charge on any atom is 0.292 e. The van der Waals surface area contributed by atoms with Gasteiger partial charge in [0.1, 0.15) is 0 Å². The van der Waals surface area contributed by atoms with Crippen molar-refractivity contribution < 1.29 is 0 Å². The zero-order valence-corrected chi connectivity index (χ0v) is 12.8. The Kier molecular flexibility index (Phi) is 3.56. The molecule has 0 spiro atoms. The summed E-state index contributed by atoms with van der Waals surface area (Å²) >= 11 is 0. The molecule has 0 amide bonds. The van der Waals surface area contributed by atoms with Gasteiger partial charge in [0.05, 0.1) is 6.04 Å². The van der Waals surface area contributed by atoms with Crippen molar-refractivity contribution in [3.8, 4) is 0 Å². The Hall–Kier alpha value is -1.92. The summed E-state index contributed by atoms with van der Waals surface area (Å²) < 4.78 is 1.85. The molecule has 7 heteroatoms. The highest BCUT2D eigenvalue weighted by Gasteiger charge is 2.24. The number of rotatable bonds is 2. The van der Waals surface area contributed by atoms with Gasteiger partial charge in [0.2, 0.25) is 0 Å². The molecule has 2 fully saturated rings. The first-order chi connectivity index (χ1) is 10.8. The third-order valence-electron chi connectivity index (χ3n) is 4.96. The summed E-state index contributed by atoms with van der Waals surface area (Å²) in [6.07, 6.45) is 9.44. The molecule has 0 bridgehead atoms. The van der Waals surface area contributed by atoms with Crippen LogP contribution in [0.5, 0.6) is 0 Å². The molecule has 1 saturated carbocycles. The molecule has 7 nitrogen and oxygen atoms in total. The zero-order valence-electron chi connectivity index (χ0n) is 12.8. The van der Waals surface area contributed by atoms with Crippen LogP contribution in [0.15, 0.2) is 4.79 Å². The minimum Gasteiger partial charge on any atom is -0.353 e. The van der Waals surface area contributed by atoms with Crippen molar-refractivity contribution in [2.75, 3.05) is 18.0 Å². The van der Waals surface area contributed by atoms with Crippen LogP contribution in [0.25, 0.3) is 11.0 Å². The van der Waals surface area contributed by atoms with Gasteiger partial charge in [-0.3, -0.25) is 4.79 Å². The molecule has 0 radical (unpaired) electrons. The molecule has 1 N–H and O–H groups in total. The average Bonchev–Trinajstić information content (AvgIpc) is 3.03. The Bertz CT molecular complexity index is 708. The van der Waals surface area contributed by atoms with Gasteiger partial charge in [0.25, 0.3) is 5.56 Å². The first-order valence-corrected chi connectivity index (χ1v) is 8.43. The van der Waals surface area contributed by atoms with Crippen LogP contribution in [0, 0.1) is 0 Å². The van der Waals surface area contributed by atoms with Crippen molar-refractivity contribution in [2.24, 2.45) is 0 Å². The molecule has 3 heterocycles. The molecular formula is C15H22N6O. The van der Waals surface area contributed by atoms with E-state index in [-0.39, 0.29) is 5.56 Å². The van der Waals surface area contributed by atoms with Crippen molar-refractivity contribution in [1.29, 1.82) is 0 Å². The largest absolute Gasteiger partial charge is 0.353 e. The molecule has 1 saturated heterocycles. The summed E-state index contributed by atoms with van der Waals surface area (Å²) in [5.41, 5.74) is 1.09. The van der Waals surface area contributed by atoms with Gasteiger partial charge in [-0.15, -0.1) is 5.10 Å². The summed E-state index contributed by atoms with van der Waals surface area (Å²) in [5, 5.41) is 15.6. The summed E-state index contributed by atoms with van der Waals surface area (Å²) in [7, 11) is 0. The molecule has 1 aliphatic heterocycles. The van der Waals surface area contributed by atoms with Gasteiger partial charge in [0, 0.05) is 13.1 Å². The van der Waals surface area contributed by atoms with Crippen LogP contribution in [0.3, 0.4) is 0 Å². The quantitative estimate of drug-likeness (QED) is 0.918. The van der Waals surface area contributed by atoms with Crippen LogP contribution in [-0.4, -0.2) is 38.3 Å². The monoisotopic (exact) mass is 302 g/mol. The van der Waals surface area contributed by atoms with Gasteiger partial charge < -0.3 is 4.90 Å². The maximum atomic E-state index is 12.3. The fourth-order valence-corrected chi connectivity index (χ4v) is 3.77. The van der Waals surface area contributed by atoms with Crippen LogP contribution >= 0.6 is 0 Å². The number of hydrogen-bond donors (Lipinski definition) is 1. The second kappa shape index (κ2) is 5.70. The molecule has 1 aliphatic carbocycles. The third kappa shape index (κ3) is 2.28. The van der Waals surface area contributed by atoms with Crippen LogP contribution in [0.4, 0.5) is 5.82 Å². The summed E-state index contributed by atoms with van der Waals surface area (Å²) in [6.45, 7) is 1.95. The highest BCUT2D eigenvalue weighted by molar-refractivity contribution is 5.84. The Labute approximate surface area is 128 Å². The molecule has 22 heavy (non-hydrogen) atoms. The number of anilines is 1. The zero-order chi connectivity index (χ0) is 14.9. The fraction of sp³-hybridized carbons (Fsp3) is 0.733. The van der Waals surface area contributed by atoms with E-state index in [0.29, 0.717) is 17.1 Å². The topological polar surface area (TPSA) is 79.7 Å². The van der Waals surface area contributed by atoms with Gasteiger partial charge in [-0.05, 0) is 32.1 Å². The number of fused-ring (bicyclic) bond motifs is 1. The fourth-order valence-electron chi connectivity index (χ4n) is 3.77. The average molecular weight is 302 g/mol. The van der Waals surface area contributed by atoms with Crippen LogP contribution in [0.2, 0.25) is 0 Å². The number of piperidine rings is 1.